The summed E-state index contributed by atoms with van der Waals surface area (Å²) in [5.41, 5.74) is 7.96. The van der Waals surface area contributed by atoms with Gasteiger partial charge < -0.3 is 11.1 Å². The van der Waals surface area contributed by atoms with Gasteiger partial charge in [0.05, 0.1) is 32.8 Å². The molecule has 0 amide bonds. The second kappa shape index (κ2) is 4.72. The first-order valence-electron chi connectivity index (χ1n) is 4.59. The molecule has 1 aromatic heterocycles. The molecule has 0 bridgehead atoms. The van der Waals surface area contributed by atoms with Gasteiger partial charge >= 0.3 is 0 Å². The number of nitrogens with zero attached hydrogens (tertiary/aromatic N) is 1. The van der Waals surface area contributed by atoms with Crippen LogP contribution < -0.4 is 11.1 Å². The average molecular weight is 299 g/mol. The normalized spacial score (nSPS) is 10.1. The Morgan fingerprint density at radius 2 is 2.00 bits per heavy atom. The summed E-state index contributed by atoms with van der Waals surface area (Å²) in [6, 6.07) is 7.47. The molecule has 1 heterocycles. The van der Waals surface area contributed by atoms with Crippen molar-refractivity contribution in [2.45, 2.75) is 0 Å². The van der Waals surface area contributed by atoms with Crippen LogP contribution in [0.1, 0.15) is 0 Å². The summed E-state index contributed by atoms with van der Waals surface area (Å²) in [4.78, 5) is 3.96. The minimum atomic E-state index is 0.564. The van der Waals surface area contributed by atoms with Crippen molar-refractivity contribution in [3.05, 3.63) is 46.2 Å². The lowest BCUT2D eigenvalue weighted by molar-refractivity contribution is 1.31. The van der Waals surface area contributed by atoms with E-state index in [1.54, 1.807) is 12.4 Å². The van der Waals surface area contributed by atoms with E-state index in [1.165, 1.54) is 0 Å². The zero-order valence-electron chi connectivity index (χ0n) is 8.24. The summed E-state index contributed by atoms with van der Waals surface area (Å²) in [7, 11) is 0. The molecule has 0 aliphatic rings. The number of hydrogen-bond donors (Lipinski definition) is 2. The molecule has 0 radical (unpaired) electrons. The average Bonchev–Trinajstić information content (AvgIpc) is 2.26. The molecule has 2 rings (SSSR count). The third-order valence-corrected chi connectivity index (χ3v) is 2.99. The Balaban J connectivity index is 2.38. The lowest BCUT2D eigenvalue weighted by Gasteiger charge is -2.11. The number of nitrogens with one attached hydrogen (secondary N) is 1. The van der Waals surface area contributed by atoms with Crippen LogP contribution in [0.15, 0.2) is 41.1 Å². The highest BCUT2D eigenvalue weighted by molar-refractivity contribution is 9.10. The van der Waals surface area contributed by atoms with E-state index in [1.807, 2.05) is 24.3 Å². The third kappa shape index (κ3) is 2.28. The fourth-order valence-corrected chi connectivity index (χ4v) is 1.91. The fraction of sp³-hybridized carbons (Fsp3) is 0. The van der Waals surface area contributed by atoms with E-state index < -0.39 is 0 Å². The van der Waals surface area contributed by atoms with Gasteiger partial charge in [0.25, 0.3) is 0 Å². The van der Waals surface area contributed by atoms with Crippen LogP contribution in [0.25, 0.3) is 0 Å². The summed E-state index contributed by atoms with van der Waals surface area (Å²) in [5, 5.41) is 3.81. The Hall–Kier alpha value is -1.26. The Morgan fingerprint density at radius 1 is 1.25 bits per heavy atom. The number of halogens is 2. The summed E-state index contributed by atoms with van der Waals surface area (Å²) in [5.74, 6) is 0. The van der Waals surface area contributed by atoms with Gasteiger partial charge in [-0.2, -0.15) is 0 Å². The molecule has 0 unspecified atom stereocenters. The van der Waals surface area contributed by atoms with Crippen molar-refractivity contribution in [2.24, 2.45) is 0 Å². The van der Waals surface area contributed by atoms with Crippen molar-refractivity contribution in [1.29, 1.82) is 0 Å². The molecule has 2 aromatic rings. The fourth-order valence-electron chi connectivity index (χ4n) is 1.28. The molecule has 0 fully saturated rings. The molecule has 0 aliphatic heterocycles. The quantitative estimate of drug-likeness (QED) is 0.886. The number of nitrogen functional groups attached to an aromatic ring is 1. The minimum absolute atomic E-state index is 0.564. The Kier molecular flexibility index (Phi) is 3.31. The zero-order chi connectivity index (χ0) is 11.5. The number of pyridine rings is 1. The highest BCUT2D eigenvalue weighted by Crippen LogP contribution is 2.32. The number of para-hydroxylation sites is 1. The summed E-state index contributed by atoms with van der Waals surface area (Å²) in [6.45, 7) is 0. The molecule has 5 heteroatoms. The van der Waals surface area contributed by atoms with E-state index in [4.69, 9.17) is 17.3 Å². The molecule has 16 heavy (non-hydrogen) atoms. The molecule has 3 nitrogen and oxygen atoms in total. The van der Waals surface area contributed by atoms with Gasteiger partial charge in [-0.3, -0.25) is 4.98 Å². The SMILES string of the molecule is Nc1cncc(Br)c1Nc1ccccc1Cl. The van der Waals surface area contributed by atoms with Gasteiger partial charge in [0.2, 0.25) is 0 Å². The highest BCUT2D eigenvalue weighted by atomic mass is 79.9. The van der Waals surface area contributed by atoms with Crippen LogP contribution in [0, 0.1) is 0 Å². The van der Waals surface area contributed by atoms with E-state index in [0.29, 0.717) is 10.7 Å². The number of nitrogens with two attached hydrogens (primary N) is 1. The van der Waals surface area contributed by atoms with Crippen LogP contribution in [0.5, 0.6) is 0 Å². The van der Waals surface area contributed by atoms with Gasteiger partial charge in [-0.25, -0.2) is 0 Å². The van der Waals surface area contributed by atoms with Gasteiger partial charge in [0.1, 0.15) is 0 Å². The topological polar surface area (TPSA) is 50.9 Å². The number of aromatic nitrogens is 1. The van der Waals surface area contributed by atoms with Gasteiger partial charge in [-0.05, 0) is 28.1 Å². The Morgan fingerprint density at radius 3 is 2.69 bits per heavy atom. The van der Waals surface area contributed by atoms with Crippen LogP contribution in [0.2, 0.25) is 5.02 Å². The zero-order valence-corrected chi connectivity index (χ0v) is 10.6. The van der Waals surface area contributed by atoms with Crippen molar-refractivity contribution in [2.75, 3.05) is 11.1 Å². The standard InChI is InChI=1S/C11H9BrClN3/c12-7-5-15-6-9(14)11(7)16-10-4-2-1-3-8(10)13/h1-6H,14H2,(H,15,16). The summed E-state index contributed by atoms with van der Waals surface area (Å²) in [6.07, 6.45) is 3.26. The molecule has 0 saturated heterocycles. The van der Waals surface area contributed by atoms with E-state index in [2.05, 4.69) is 26.2 Å². The monoisotopic (exact) mass is 297 g/mol. The number of benzene rings is 1. The second-order valence-electron chi connectivity index (χ2n) is 3.19. The molecule has 1 aromatic carbocycles. The van der Waals surface area contributed by atoms with Crippen LogP contribution in [-0.2, 0) is 0 Å². The summed E-state index contributed by atoms with van der Waals surface area (Å²) >= 11 is 9.43. The predicted octanol–water partition coefficient (Wildman–Crippen LogP) is 3.82. The van der Waals surface area contributed by atoms with E-state index in [9.17, 15) is 0 Å². The van der Waals surface area contributed by atoms with Crippen LogP contribution >= 0.6 is 27.5 Å². The molecular formula is C11H9BrClN3. The lowest BCUT2D eigenvalue weighted by atomic mass is 10.3. The summed E-state index contributed by atoms with van der Waals surface area (Å²) < 4.78 is 0.799. The predicted molar refractivity (Wildman–Crippen MR) is 71.1 cm³/mol. The number of hydrogen-bond acceptors (Lipinski definition) is 3. The third-order valence-electron chi connectivity index (χ3n) is 2.06. The van der Waals surface area contributed by atoms with E-state index in [0.717, 1.165) is 15.8 Å². The van der Waals surface area contributed by atoms with Crippen LogP contribution in [0.3, 0.4) is 0 Å². The maximum Gasteiger partial charge on any atom is 0.0794 e. The van der Waals surface area contributed by atoms with Gasteiger partial charge in [-0.15, -0.1) is 0 Å². The van der Waals surface area contributed by atoms with E-state index >= 15 is 0 Å². The van der Waals surface area contributed by atoms with Crippen molar-refractivity contribution >= 4 is 44.6 Å². The van der Waals surface area contributed by atoms with Crippen molar-refractivity contribution < 1.29 is 0 Å². The number of anilines is 3. The van der Waals surface area contributed by atoms with Gasteiger partial charge in [-0.1, -0.05) is 23.7 Å². The number of rotatable bonds is 2. The van der Waals surface area contributed by atoms with Crippen molar-refractivity contribution in [3.8, 4) is 0 Å². The van der Waals surface area contributed by atoms with Gasteiger partial charge in [0, 0.05) is 6.20 Å². The first-order valence-corrected chi connectivity index (χ1v) is 5.76. The maximum absolute atomic E-state index is 6.04. The first-order chi connectivity index (χ1) is 7.68. The molecule has 0 aliphatic carbocycles. The minimum Gasteiger partial charge on any atom is -0.396 e. The smallest absolute Gasteiger partial charge is 0.0794 e. The van der Waals surface area contributed by atoms with E-state index in [-0.39, 0.29) is 0 Å². The van der Waals surface area contributed by atoms with Crippen LogP contribution in [-0.4, -0.2) is 4.98 Å². The van der Waals surface area contributed by atoms with Gasteiger partial charge in [0.15, 0.2) is 0 Å². The maximum atomic E-state index is 6.04. The highest BCUT2D eigenvalue weighted by Gasteiger charge is 2.06. The van der Waals surface area contributed by atoms with Crippen LogP contribution in [0.4, 0.5) is 17.1 Å². The Labute approximate surface area is 107 Å². The first kappa shape index (κ1) is 11.2. The lowest BCUT2D eigenvalue weighted by Crippen LogP contribution is -1.98. The molecule has 0 spiro atoms. The van der Waals surface area contributed by atoms with Crippen molar-refractivity contribution in [1.82, 2.24) is 4.98 Å². The molecule has 0 atom stereocenters. The molecule has 82 valence electrons. The molecule has 0 saturated carbocycles. The molecule has 3 N–H and O–H groups in total. The molecular weight excluding hydrogens is 289 g/mol. The Bertz CT molecular complexity index is 496. The largest absolute Gasteiger partial charge is 0.396 e. The van der Waals surface area contributed by atoms with Crippen molar-refractivity contribution in [3.63, 3.8) is 0 Å². The second-order valence-corrected chi connectivity index (χ2v) is 4.45.